The molecule has 1 aromatic carbocycles. The van der Waals surface area contributed by atoms with Crippen LogP contribution in [0.4, 0.5) is 5.69 Å². The van der Waals surface area contributed by atoms with Gasteiger partial charge in [-0.25, -0.2) is 0 Å². The Bertz CT molecular complexity index is 272. The summed E-state index contributed by atoms with van der Waals surface area (Å²) in [6.45, 7) is 8.37. The zero-order valence-electron chi connectivity index (χ0n) is 10.6. The maximum atomic E-state index is 2.12. The summed E-state index contributed by atoms with van der Waals surface area (Å²) in [6, 6.07) is 8.48. The molecule has 0 aliphatic rings. The van der Waals surface area contributed by atoms with Gasteiger partial charge in [0.05, 0.1) is 0 Å². The largest absolute Gasteiger partial charge is 0.351 e. The second kappa shape index (κ2) is 8.10. The molecular formula is C14H23N. The van der Waals surface area contributed by atoms with Crippen LogP contribution >= 0.6 is 0 Å². The van der Waals surface area contributed by atoms with Crippen LogP contribution in [0, 0.1) is 6.92 Å². The molecular weight excluding hydrogens is 182 g/mol. The van der Waals surface area contributed by atoms with Gasteiger partial charge in [-0.1, -0.05) is 44.0 Å². The molecule has 1 heteroatoms. The van der Waals surface area contributed by atoms with Crippen molar-refractivity contribution in [2.75, 3.05) is 11.9 Å². The van der Waals surface area contributed by atoms with Gasteiger partial charge in [-0.15, -0.1) is 0 Å². The fraction of sp³-hybridized carbons (Fsp3) is 0.429. The highest BCUT2D eigenvalue weighted by Crippen LogP contribution is 2.13. The molecule has 0 fully saturated rings. The van der Waals surface area contributed by atoms with Crippen molar-refractivity contribution in [1.82, 2.24) is 0 Å². The molecule has 1 rings (SSSR count). The number of allylic oxidation sites excluding steroid dienone is 1. The first kappa shape index (κ1) is 13.8. The zero-order valence-corrected chi connectivity index (χ0v) is 10.6. The van der Waals surface area contributed by atoms with Crippen LogP contribution in [0.1, 0.15) is 32.8 Å². The zero-order chi connectivity index (χ0) is 11.7. The molecule has 1 aromatic rings. The van der Waals surface area contributed by atoms with Gasteiger partial charge >= 0.3 is 0 Å². The highest BCUT2D eigenvalue weighted by Gasteiger charge is 1.93. The smallest absolute Gasteiger partial charge is 0.0403 e. The van der Waals surface area contributed by atoms with Crippen molar-refractivity contribution in [2.24, 2.45) is 0 Å². The van der Waals surface area contributed by atoms with Crippen molar-refractivity contribution in [2.45, 2.75) is 34.1 Å². The van der Waals surface area contributed by atoms with Crippen LogP contribution in [-0.4, -0.2) is 7.05 Å². The minimum atomic E-state index is 1.22. The van der Waals surface area contributed by atoms with E-state index in [1.165, 1.54) is 17.7 Å². The monoisotopic (exact) mass is 205 g/mol. The summed E-state index contributed by atoms with van der Waals surface area (Å²) in [7, 11) is 2.05. The lowest BCUT2D eigenvalue weighted by Crippen LogP contribution is -2.06. The normalized spacial score (nSPS) is 9.67. The molecule has 0 aliphatic heterocycles. The first-order valence-electron chi connectivity index (χ1n) is 5.58. The molecule has 0 bridgehead atoms. The Morgan fingerprint density at radius 1 is 1.13 bits per heavy atom. The summed E-state index contributed by atoms with van der Waals surface area (Å²) < 4.78 is 0. The molecule has 0 aliphatic carbocycles. The van der Waals surface area contributed by atoms with E-state index in [0.29, 0.717) is 0 Å². The van der Waals surface area contributed by atoms with E-state index in [1.54, 1.807) is 0 Å². The lowest BCUT2D eigenvalue weighted by atomic mass is 10.2. The quantitative estimate of drug-likeness (QED) is 0.692. The number of nitrogens with zero attached hydrogens (tertiary/aromatic N) is 1. The van der Waals surface area contributed by atoms with Gasteiger partial charge in [-0.3, -0.25) is 0 Å². The van der Waals surface area contributed by atoms with Gasteiger partial charge in [0.25, 0.3) is 0 Å². The SMILES string of the molecule is C/C=C\N(C)c1ccc(C)cc1.CCC. The third-order valence-electron chi connectivity index (χ3n) is 1.81. The minimum Gasteiger partial charge on any atom is -0.351 e. The molecule has 0 saturated carbocycles. The van der Waals surface area contributed by atoms with Crippen molar-refractivity contribution < 1.29 is 0 Å². The van der Waals surface area contributed by atoms with Crippen molar-refractivity contribution in [1.29, 1.82) is 0 Å². The van der Waals surface area contributed by atoms with Crippen LogP contribution < -0.4 is 4.90 Å². The van der Waals surface area contributed by atoms with E-state index in [2.05, 4.69) is 49.9 Å². The molecule has 0 saturated heterocycles. The lowest BCUT2D eigenvalue weighted by Gasteiger charge is -2.13. The standard InChI is InChI=1S/C11H15N.C3H8/c1-4-9-12(3)11-7-5-10(2)6-8-11;1-3-2/h4-9H,1-3H3;3H2,1-2H3/b9-4-;. The van der Waals surface area contributed by atoms with E-state index in [4.69, 9.17) is 0 Å². The van der Waals surface area contributed by atoms with Crippen molar-refractivity contribution in [3.05, 3.63) is 42.1 Å². The Balaban J connectivity index is 0.000000583. The van der Waals surface area contributed by atoms with Gasteiger partial charge in [0.1, 0.15) is 0 Å². The Morgan fingerprint density at radius 3 is 2.00 bits per heavy atom. The van der Waals surface area contributed by atoms with Crippen LogP contribution in [-0.2, 0) is 0 Å². The van der Waals surface area contributed by atoms with Crippen LogP contribution in [0.2, 0.25) is 0 Å². The summed E-state index contributed by atoms with van der Waals surface area (Å²) in [5.41, 5.74) is 2.52. The Morgan fingerprint density at radius 2 is 1.60 bits per heavy atom. The van der Waals surface area contributed by atoms with Crippen LogP contribution in [0.5, 0.6) is 0 Å². The first-order valence-corrected chi connectivity index (χ1v) is 5.58. The third kappa shape index (κ3) is 5.95. The highest BCUT2D eigenvalue weighted by atomic mass is 15.1. The molecule has 0 atom stereocenters. The average molecular weight is 205 g/mol. The molecule has 0 N–H and O–H groups in total. The van der Waals surface area contributed by atoms with Gasteiger partial charge in [0.2, 0.25) is 0 Å². The maximum Gasteiger partial charge on any atom is 0.0403 e. The van der Waals surface area contributed by atoms with Gasteiger partial charge in [0, 0.05) is 12.7 Å². The summed E-state index contributed by atoms with van der Waals surface area (Å²) in [5.74, 6) is 0. The van der Waals surface area contributed by atoms with E-state index in [1.807, 2.05) is 26.2 Å². The second-order valence-electron chi connectivity index (χ2n) is 3.64. The van der Waals surface area contributed by atoms with E-state index in [9.17, 15) is 0 Å². The fourth-order valence-corrected chi connectivity index (χ4v) is 1.09. The van der Waals surface area contributed by atoms with Crippen LogP contribution in [0.3, 0.4) is 0 Å². The maximum absolute atomic E-state index is 2.12. The summed E-state index contributed by atoms with van der Waals surface area (Å²) in [5, 5.41) is 0. The summed E-state index contributed by atoms with van der Waals surface area (Å²) >= 11 is 0. The minimum absolute atomic E-state index is 1.22. The van der Waals surface area contributed by atoms with Crippen molar-refractivity contribution in [3.63, 3.8) is 0 Å². The molecule has 1 nitrogen and oxygen atoms in total. The third-order valence-corrected chi connectivity index (χ3v) is 1.81. The van der Waals surface area contributed by atoms with Gasteiger partial charge < -0.3 is 4.90 Å². The van der Waals surface area contributed by atoms with Crippen LogP contribution in [0.25, 0.3) is 0 Å². The number of anilines is 1. The first-order chi connectivity index (χ1) is 7.15. The van der Waals surface area contributed by atoms with E-state index < -0.39 is 0 Å². The Kier molecular flexibility index (Phi) is 7.43. The molecule has 0 spiro atoms. The predicted molar refractivity (Wildman–Crippen MR) is 70.4 cm³/mol. The van der Waals surface area contributed by atoms with Gasteiger partial charge in [0.15, 0.2) is 0 Å². The Labute approximate surface area is 94.4 Å². The Hall–Kier alpha value is -1.24. The topological polar surface area (TPSA) is 3.24 Å². The van der Waals surface area contributed by atoms with Crippen molar-refractivity contribution >= 4 is 5.69 Å². The van der Waals surface area contributed by atoms with Crippen LogP contribution in [0.15, 0.2) is 36.5 Å². The number of benzene rings is 1. The molecule has 0 radical (unpaired) electrons. The molecule has 0 heterocycles. The van der Waals surface area contributed by atoms with E-state index in [0.717, 1.165) is 0 Å². The predicted octanol–water partition coefficient (Wildman–Crippen LogP) is 4.38. The van der Waals surface area contributed by atoms with Gasteiger partial charge in [-0.05, 0) is 32.2 Å². The average Bonchev–Trinajstić information content (AvgIpc) is 2.20. The highest BCUT2D eigenvalue weighted by molar-refractivity contribution is 5.48. The number of aryl methyl sites for hydroxylation is 1. The molecule has 84 valence electrons. The summed E-state index contributed by atoms with van der Waals surface area (Å²) in [4.78, 5) is 2.10. The fourth-order valence-electron chi connectivity index (χ4n) is 1.09. The number of hydrogen-bond acceptors (Lipinski definition) is 1. The van der Waals surface area contributed by atoms with Crippen molar-refractivity contribution in [3.8, 4) is 0 Å². The molecule has 15 heavy (non-hydrogen) atoms. The number of hydrogen-bond donors (Lipinski definition) is 0. The number of rotatable bonds is 2. The molecule has 0 aromatic heterocycles. The lowest BCUT2D eigenvalue weighted by molar-refractivity contribution is 1.09. The van der Waals surface area contributed by atoms with E-state index >= 15 is 0 Å². The second-order valence-corrected chi connectivity index (χ2v) is 3.64. The summed E-state index contributed by atoms with van der Waals surface area (Å²) in [6.07, 6.45) is 5.32. The molecule has 0 amide bonds. The van der Waals surface area contributed by atoms with Gasteiger partial charge in [-0.2, -0.15) is 0 Å². The molecule has 0 unspecified atom stereocenters. The van der Waals surface area contributed by atoms with E-state index in [-0.39, 0.29) is 0 Å².